The van der Waals surface area contributed by atoms with E-state index < -0.39 is 6.10 Å². The number of allylic oxidation sites excluding steroid dienone is 1. The minimum absolute atomic E-state index is 0.255. The van der Waals surface area contributed by atoms with E-state index in [9.17, 15) is 9.90 Å². The van der Waals surface area contributed by atoms with Crippen LogP contribution in [-0.2, 0) is 4.79 Å². The standard InChI is InChI=1S/C13H16O2/c1-2-3-5-10-12(14)13(15)11-8-6-4-7-9-11/h4-10,13,15H,2-3H2,1H3. The van der Waals surface area contributed by atoms with Gasteiger partial charge in [0.05, 0.1) is 0 Å². The summed E-state index contributed by atoms with van der Waals surface area (Å²) in [5, 5.41) is 9.69. The molecule has 0 aliphatic carbocycles. The highest BCUT2D eigenvalue weighted by atomic mass is 16.3. The normalized spacial score (nSPS) is 12.9. The summed E-state index contributed by atoms with van der Waals surface area (Å²) in [5.41, 5.74) is 0.642. The van der Waals surface area contributed by atoms with Crippen molar-refractivity contribution in [1.82, 2.24) is 0 Å². The smallest absolute Gasteiger partial charge is 0.188 e. The van der Waals surface area contributed by atoms with Gasteiger partial charge in [-0.25, -0.2) is 0 Å². The van der Waals surface area contributed by atoms with Crippen molar-refractivity contribution in [2.45, 2.75) is 25.9 Å². The Hall–Kier alpha value is -1.41. The minimum Gasteiger partial charge on any atom is -0.380 e. The Morgan fingerprint density at radius 1 is 1.40 bits per heavy atom. The maximum absolute atomic E-state index is 11.5. The quantitative estimate of drug-likeness (QED) is 0.749. The molecule has 15 heavy (non-hydrogen) atoms. The van der Waals surface area contributed by atoms with Crippen molar-refractivity contribution in [2.24, 2.45) is 0 Å². The number of carbonyl (C=O) groups is 1. The fourth-order valence-electron chi connectivity index (χ4n) is 1.26. The second kappa shape index (κ2) is 6.14. The molecule has 0 aromatic heterocycles. The third kappa shape index (κ3) is 3.68. The van der Waals surface area contributed by atoms with Gasteiger partial charge in [0.1, 0.15) is 6.10 Å². The summed E-state index contributed by atoms with van der Waals surface area (Å²) in [5.74, 6) is -0.255. The van der Waals surface area contributed by atoms with E-state index in [0.29, 0.717) is 5.56 Å². The van der Waals surface area contributed by atoms with Gasteiger partial charge in [-0.3, -0.25) is 4.79 Å². The zero-order valence-electron chi connectivity index (χ0n) is 8.89. The van der Waals surface area contributed by atoms with E-state index in [1.807, 2.05) is 25.1 Å². The Kier molecular flexibility index (Phi) is 4.78. The number of aliphatic hydroxyl groups is 1. The molecule has 1 N–H and O–H groups in total. The molecular weight excluding hydrogens is 188 g/mol. The van der Waals surface area contributed by atoms with Gasteiger partial charge < -0.3 is 5.11 Å². The zero-order chi connectivity index (χ0) is 11.1. The first kappa shape index (κ1) is 11.7. The Morgan fingerprint density at radius 2 is 2.07 bits per heavy atom. The van der Waals surface area contributed by atoms with Crippen molar-refractivity contribution < 1.29 is 9.90 Å². The highest BCUT2D eigenvalue weighted by molar-refractivity contribution is 5.94. The van der Waals surface area contributed by atoms with Gasteiger partial charge in [-0.1, -0.05) is 49.8 Å². The fourth-order valence-corrected chi connectivity index (χ4v) is 1.26. The summed E-state index contributed by atoms with van der Waals surface area (Å²) in [7, 11) is 0. The van der Waals surface area contributed by atoms with Crippen molar-refractivity contribution >= 4 is 5.78 Å². The fraction of sp³-hybridized carbons (Fsp3) is 0.308. The molecule has 0 aliphatic heterocycles. The van der Waals surface area contributed by atoms with Crippen molar-refractivity contribution in [3.63, 3.8) is 0 Å². The highest BCUT2D eigenvalue weighted by Crippen LogP contribution is 2.13. The molecule has 1 atom stereocenters. The molecule has 0 bridgehead atoms. The second-order valence-electron chi connectivity index (χ2n) is 3.41. The summed E-state index contributed by atoms with van der Waals surface area (Å²) < 4.78 is 0. The SMILES string of the molecule is CCCC=CC(=O)C(O)c1ccccc1. The molecule has 1 aromatic rings. The van der Waals surface area contributed by atoms with E-state index in [-0.39, 0.29) is 5.78 Å². The Morgan fingerprint density at radius 3 is 2.67 bits per heavy atom. The average molecular weight is 204 g/mol. The van der Waals surface area contributed by atoms with Gasteiger partial charge in [0.25, 0.3) is 0 Å². The van der Waals surface area contributed by atoms with Gasteiger partial charge in [-0.15, -0.1) is 0 Å². The third-order valence-corrected chi connectivity index (χ3v) is 2.12. The van der Waals surface area contributed by atoms with Gasteiger partial charge >= 0.3 is 0 Å². The van der Waals surface area contributed by atoms with Crippen LogP contribution in [0.3, 0.4) is 0 Å². The molecule has 2 nitrogen and oxygen atoms in total. The first-order valence-electron chi connectivity index (χ1n) is 5.19. The van der Waals surface area contributed by atoms with Crippen LogP contribution in [-0.4, -0.2) is 10.9 Å². The number of carbonyl (C=O) groups excluding carboxylic acids is 1. The molecule has 0 amide bonds. The third-order valence-electron chi connectivity index (χ3n) is 2.12. The van der Waals surface area contributed by atoms with Crippen LogP contribution in [0.15, 0.2) is 42.5 Å². The molecule has 0 saturated heterocycles. The van der Waals surface area contributed by atoms with Crippen LogP contribution in [0.1, 0.15) is 31.4 Å². The van der Waals surface area contributed by atoms with E-state index in [1.165, 1.54) is 6.08 Å². The summed E-state index contributed by atoms with van der Waals surface area (Å²) in [6.07, 6.45) is 4.10. The summed E-state index contributed by atoms with van der Waals surface area (Å²) in [6.45, 7) is 2.04. The van der Waals surface area contributed by atoms with Gasteiger partial charge in [-0.2, -0.15) is 0 Å². The molecule has 2 heteroatoms. The lowest BCUT2D eigenvalue weighted by molar-refractivity contribution is -0.122. The van der Waals surface area contributed by atoms with Gasteiger partial charge in [0, 0.05) is 0 Å². The Labute approximate surface area is 90.3 Å². The second-order valence-corrected chi connectivity index (χ2v) is 3.41. The molecule has 0 radical (unpaired) electrons. The van der Waals surface area contributed by atoms with E-state index in [2.05, 4.69) is 0 Å². The lowest BCUT2D eigenvalue weighted by Gasteiger charge is -2.06. The molecule has 0 aliphatic rings. The van der Waals surface area contributed by atoms with Gasteiger partial charge in [-0.05, 0) is 18.1 Å². The Balaban J connectivity index is 2.61. The van der Waals surface area contributed by atoms with Crippen LogP contribution >= 0.6 is 0 Å². The number of benzene rings is 1. The molecule has 0 fully saturated rings. The van der Waals surface area contributed by atoms with Crippen LogP contribution in [0, 0.1) is 0 Å². The first-order chi connectivity index (χ1) is 7.25. The molecule has 1 unspecified atom stereocenters. The van der Waals surface area contributed by atoms with Crippen molar-refractivity contribution in [1.29, 1.82) is 0 Å². The molecule has 0 saturated carbocycles. The number of rotatable bonds is 5. The maximum atomic E-state index is 11.5. The summed E-state index contributed by atoms with van der Waals surface area (Å²) in [4.78, 5) is 11.5. The van der Waals surface area contributed by atoms with Gasteiger partial charge in [0.2, 0.25) is 0 Å². The monoisotopic (exact) mass is 204 g/mol. The predicted molar refractivity (Wildman–Crippen MR) is 60.5 cm³/mol. The highest BCUT2D eigenvalue weighted by Gasteiger charge is 2.13. The molecule has 80 valence electrons. The molecule has 1 rings (SSSR count). The lowest BCUT2D eigenvalue weighted by Crippen LogP contribution is -2.08. The topological polar surface area (TPSA) is 37.3 Å². The number of hydrogen-bond donors (Lipinski definition) is 1. The first-order valence-corrected chi connectivity index (χ1v) is 5.19. The molecule has 0 spiro atoms. The number of hydrogen-bond acceptors (Lipinski definition) is 2. The maximum Gasteiger partial charge on any atom is 0.188 e. The number of ketones is 1. The van der Waals surface area contributed by atoms with Crippen LogP contribution in [0.25, 0.3) is 0 Å². The van der Waals surface area contributed by atoms with E-state index in [4.69, 9.17) is 0 Å². The van der Waals surface area contributed by atoms with Crippen molar-refractivity contribution in [3.8, 4) is 0 Å². The minimum atomic E-state index is -1.03. The van der Waals surface area contributed by atoms with Crippen molar-refractivity contribution in [3.05, 3.63) is 48.0 Å². The average Bonchev–Trinajstić information content (AvgIpc) is 2.29. The van der Waals surface area contributed by atoms with Crippen LogP contribution in [0.4, 0.5) is 0 Å². The molecular formula is C13H16O2. The number of aliphatic hydroxyl groups excluding tert-OH is 1. The van der Waals surface area contributed by atoms with Crippen molar-refractivity contribution in [2.75, 3.05) is 0 Å². The van der Waals surface area contributed by atoms with Crippen LogP contribution < -0.4 is 0 Å². The summed E-state index contributed by atoms with van der Waals surface area (Å²) in [6, 6.07) is 8.96. The van der Waals surface area contributed by atoms with Gasteiger partial charge in [0.15, 0.2) is 5.78 Å². The lowest BCUT2D eigenvalue weighted by atomic mass is 10.1. The largest absolute Gasteiger partial charge is 0.380 e. The molecule has 0 heterocycles. The molecule has 1 aromatic carbocycles. The van der Waals surface area contributed by atoms with Crippen LogP contribution in [0.2, 0.25) is 0 Å². The zero-order valence-corrected chi connectivity index (χ0v) is 8.89. The Bertz CT molecular complexity index is 328. The predicted octanol–water partition coefficient (Wildman–Crippen LogP) is 2.65. The number of unbranched alkanes of at least 4 members (excludes halogenated alkanes) is 1. The van der Waals surface area contributed by atoms with E-state index >= 15 is 0 Å². The van der Waals surface area contributed by atoms with E-state index in [1.54, 1.807) is 18.2 Å². The summed E-state index contributed by atoms with van der Waals surface area (Å²) >= 11 is 0. The van der Waals surface area contributed by atoms with E-state index in [0.717, 1.165) is 12.8 Å². The van der Waals surface area contributed by atoms with Crippen LogP contribution in [0.5, 0.6) is 0 Å².